The molecule has 0 unspecified atom stereocenters. The molecule has 0 aliphatic carbocycles. The summed E-state index contributed by atoms with van der Waals surface area (Å²) in [7, 11) is 1.42. The summed E-state index contributed by atoms with van der Waals surface area (Å²) in [6, 6.07) is 6.17. The average Bonchev–Trinajstić information content (AvgIpc) is 3.10. The molecule has 152 valence electrons. The maximum absolute atomic E-state index is 11.6. The number of benzene rings is 1. The van der Waals surface area contributed by atoms with Gasteiger partial charge in [0, 0.05) is 54.3 Å². The van der Waals surface area contributed by atoms with E-state index < -0.39 is 0 Å². The van der Waals surface area contributed by atoms with Gasteiger partial charge in [-0.15, -0.1) is 0 Å². The van der Waals surface area contributed by atoms with E-state index in [9.17, 15) is 4.79 Å². The number of hydrogen-bond donors (Lipinski definition) is 3. The molecule has 0 bridgehead atoms. The van der Waals surface area contributed by atoms with Gasteiger partial charge < -0.3 is 25.3 Å². The van der Waals surface area contributed by atoms with Gasteiger partial charge in [0.15, 0.2) is 5.96 Å². The number of carbonyl (C=O) groups excluding carboxylic acids is 1. The predicted molar refractivity (Wildman–Crippen MR) is 113 cm³/mol. The topological polar surface area (TPSA) is 81.8 Å². The van der Waals surface area contributed by atoms with Gasteiger partial charge >= 0.3 is 6.09 Å². The molecule has 3 N–H and O–H groups in total. The number of nitrogens with one attached hydrogen (secondary N) is 3. The highest BCUT2D eigenvalue weighted by molar-refractivity contribution is 6.31. The zero-order chi connectivity index (χ0) is 19.9. The van der Waals surface area contributed by atoms with Crippen molar-refractivity contribution in [1.29, 1.82) is 0 Å². The van der Waals surface area contributed by atoms with Crippen molar-refractivity contribution in [2.24, 2.45) is 4.99 Å². The summed E-state index contributed by atoms with van der Waals surface area (Å²) in [6.07, 6.45) is 4.36. The maximum Gasteiger partial charge on any atom is 0.409 e. The molecule has 1 aliphatic heterocycles. The number of carbonyl (C=O) groups is 1. The molecule has 8 heteroatoms. The first-order valence-electron chi connectivity index (χ1n) is 9.74. The fourth-order valence-corrected chi connectivity index (χ4v) is 3.67. The van der Waals surface area contributed by atoms with Crippen LogP contribution < -0.4 is 10.6 Å². The number of amides is 1. The smallest absolute Gasteiger partial charge is 0.409 e. The molecule has 1 aliphatic rings. The zero-order valence-electron chi connectivity index (χ0n) is 16.4. The molecule has 7 nitrogen and oxygen atoms in total. The number of halogens is 1. The summed E-state index contributed by atoms with van der Waals surface area (Å²) in [4.78, 5) is 21.3. The molecule has 28 heavy (non-hydrogen) atoms. The van der Waals surface area contributed by atoms with E-state index in [1.165, 1.54) is 12.7 Å². The van der Waals surface area contributed by atoms with E-state index in [-0.39, 0.29) is 6.09 Å². The van der Waals surface area contributed by atoms with E-state index >= 15 is 0 Å². The summed E-state index contributed by atoms with van der Waals surface area (Å²) < 4.78 is 4.79. The third-order valence-electron chi connectivity index (χ3n) is 4.99. The van der Waals surface area contributed by atoms with E-state index in [4.69, 9.17) is 21.3 Å². The van der Waals surface area contributed by atoms with Crippen molar-refractivity contribution in [2.45, 2.75) is 32.2 Å². The lowest BCUT2D eigenvalue weighted by Gasteiger charge is -2.32. The lowest BCUT2D eigenvalue weighted by Crippen LogP contribution is -2.49. The molecule has 0 spiro atoms. The summed E-state index contributed by atoms with van der Waals surface area (Å²) in [5.74, 6) is 0.817. The maximum atomic E-state index is 11.6. The summed E-state index contributed by atoms with van der Waals surface area (Å²) in [6.45, 7) is 4.92. The van der Waals surface area contributed by atoms with Gasteiger partial charge in [0.05, 0.1) is 7.11 Å². The minimum absolute atomic E-state index is 0.252. The van der Waals surface area contributed by atoms with Gasteiger partial charge in [-0.3, -0.25) is 4.99 Å². The second-order valence-corrected chi connectivity index (χ2v) is 7.33. The van der Waals surface area contributed by atoms with Crippen LogP contribution in [-0.2, 0) is 11.2 Å². The number of piperidine rings is 1. The second kappa shape index (κ2) is 9.68. The number of aromatic nitrogens is 1. The standard InChI is InChI=1S/C20H28ClN5O2/c1-3-22-19(25-16-7-10-26(11-8-16)20(27)28-2)23-9-6-14-13-24-18-5-4-15(21)12-17(14)18/h4-5,12-13,16,24H,3,6-11H2,1-2H3,(H2,22,23,25). The van der Waals surface area contributed by atoms with E-state index in [2.05, 4.69) is 22.5 Å². The van der Waals surface area contributed by atoms with Gasteiger partial charge in [-0.1, -0.05) is 11.6 Å². The van der Waals surface area contributed by atoms with Gasteiger partial charge in [0.25, 0.3) is 0 Å². The molecule has 0 atom stereocenters. The average molecular weight is 406 g/mol. The monoisotopic (exact) mass is 405 g/mol. The molecule has 2 aromatic rings. The molecule has 2 heterocycles. The van der Waals surface area contributed by atoms with E-state index in [0.717, 1.165) is 47.7 Å². The molecular formula is C20H28ClN5O2. The minimum atomic E-state index is -0.252. The van der Waals surface area contributed by atoms with Gasteiger partial charge in [0.2, 0.25) is 0 Å². The van der Waals surface area contributed by atoms with Gasteiger partial charge in [0.1, 0.15) is 0 Å². The minimum Gasteiger partial charge on any atom is -0.453 e. The molecule has 1 saturated heterocycles. The van der Waals surface area contributed by atoms with Crippen LogP contribution in [0, 0.1) is 0 Å². The highest BCUT2D eigenvalue weighted by atomic mass is 35.5. The fourth-order valence-electron chi connectivity index (χ4n) is 3.49. The van der Waals surface area contributed by atoms with Crippen molar-refractivity contribution in [2.75, 3.05) is 33.3 Å². The van der Waals surface area contributed by atoms with Gasteiger partial charge in [-0.25, -0.2) is 4.79 Å². The van der Waals surface area contributed by atoms with Crippen molar-refractivity contribution in [1.82, 2.24) is 20.5 Å². The lowest BCUT2D eigenvalue weighted by atomic mass is 10.1. The predicted octanol–water partition coefficient (Wildman–Crippen LogP) is 3.15. The van der Waals surface area contributed by atoms with Gasteiger partial charge in [-0.2, -0.15) is 0 Å². The Balaban J connectivity index is 1.55. The zero-order valence-corrected chi connectivity index (χ0v) is 17.2. The first-order chi connectivity index (χ1) is 13.6. The number of H-pyrrole nitrogens is 1. The Morgan fingerprint density at radius 2 is 2.18 bits per heavy atom. The van der Waals surface area contributed by atoms with Crippen LogP contribution in [0.15, 0.2) is 29.4 Å². The molecule has 1 aromatic carbocycles. The van der Waals surface area contributed by atoms with Crippen molar-refractivity contribution in [3.05, 3.63) is 35.0 Å². The second-order valence-electron chi connectivity index (χ2n) is 6.89. The quantitative estimate of drug-likeness (QED) is 0.527. The van der Waals surface area contributed by atoms with Crippen LogP contribution in [0.4, 0.5) is 4.79 Å². The van der Waals surface area contributed by atoms with Crippen molar-refractivity contribution in [3.8, 4) is 0 Å². The number of aromatic amines is 1. The Morgan fingerprint density at radius 1 is 1.39 bits per heavy atom. The van der Waals surface area contributed by atoms with Crippen LogP contribution in [0.5, 0.6) is 0 Å². The SMILES string of the molecule is CCNC(=NCCc1c[nH]c2ccc(Cl)cc12)NC1CCN(C(=O)OC)CC1. The molecule has 0 saturated carbocycles. The molecule has 1 aromatic heterocycles. The van der Waals surface area contributed by atoms with Crippen LogP contribution >= 0.6 is 11.6 Å². The first kappa shape index (κ1) is 20.3. The molecule has 1 amide bonds. The number of hydrogen-bond acceptors (Lipinski definition) is 3. The van der Waals surface area contributed by atoms with E-state index in [0.29, 0.717) is 25.7 Å². The van der Waals surface area contributed by atoms with E-state index in [1.54, 1.807) is 4.90 Å². The molecular weight excluding hydrogens is 378 g/mol. The van der Waals surface area contributed by atoms with Crippen LogP contribution in [0.25, 0.3) is 10.9 Å². The van der Waals surface area contributed by atoms with Crippen molar-refractivity contribution < 1.29 is 9.53 Å². The van der Waals surface area contributed by atoms with Crippen LogP contribution in [0.1, 0.15) is 25.3 Å². The Labute approximate surface area is 170 Å². The highest BCUT2D eigenvalue weighted by Gasteiger charge is 2.23. The largest absolute Gasteiger partial charge is 0.453 e. The number of fused-ring (bicyclic) bond motifs is 1. The molecule has 1 fully saturated rings. The first-order valence-corrected chi connectivity index (χ1v) is 10.1. The summed E-state index contributed by atoms with van der Waals surface area (Å²) in [5.41, 5.74) is 2.30. The number of likely N-dealkylation sites (tertiary alicyclic amines) is 1. The third kappa shape index (κ3) is 5.10. The Hall–Kier alpha value is -2.41. The normalized spacial score (nSPS) is 15.7. The number of guanidine groups is 1. The lowest BCUT2D eigenvalue weighted by molar-refractivity contribution is 0.111. The number of aliphatic imine (C=N–C) groups is 1. The number of nitrogens with zero attached hydrogens (tertiary/aromatic N) is 2. The van der Waals surface area contributed by atoms with Crippen LogP contribution in [-0.4, -0.2) is 61.3 Å². The highest BCUT2D eigenvalue weighted by Crippen LogP contribution is 2.22. The number of rotatable bonds is 5. The summed E-state index contributed by atoms with van der Waals surface area (Å²) in [5, 5.41) is 8.69. The van der Waals surface area contributed by atoms with Crippen molar-refractivity contribution >= 4 is 34.6 Å². The number of ether oxygens (including phenoxy) is 1. The Morgan fingerprint density at radius 3 is 2.89 bits per heavy atom. The van der Waals surface area contributed by atoms with Gasteiger partial charge in [-0.05, 0) is 49.9 Å². The molecule has 3 rings (SSSR count). The Kier molecular flexibility index (Phi) is 7.03. The Bertz CT molecular complexity index is 827. The summed E-state index contributed by atoms with van der Waals surface area (Å²) >= 11 is 6.13. The number of methoxy groups -OCH3 is 1. The van der Waals surface area contributed by atoms with E-state index in [1.807, 2.05) is 24.4 Å². The third-order valence-corrected chi connectivity index (χ3v) is 5.23. The van der Waals surface area contributed by atoms with Crippen LogP contribution in [0.2, 0.25) is 5.02 Å². The fraction of sp³-hybridized carbons (Fsp3) is 0.500. The van der Waals surface area contributed by atoms with Crippen LogP contribution in [0.3, 0.4) is 0 Å². The van der Waals surface area contributed by atoms with Crippen molar-refractivity contribution in [3.63, 3.8) is 0 Å². The molecule has 0 radical (unpaired) electrons.